The number of carboxylic acids is 1. The summed E-state index contributed by atoms with van der Waals surface area (Å²) in [5, 5.41) is 14.1. The lowest BCUT2D eigenvalue weighted by molar-refractivity contribution is -0.137. The van der Waals surface area contributed by atoms with Crippen molar-refractivity contribution in [2.24, 2.45) is 11.8 Å². The zero-order chi connectivity index (χ0) is 31.8. The Morgan fingerprint density at radius 2 is 1.77 bits per heavy atom. The zero-order valence-electron chi connectivity index (χ0n) is 24.9. The van der Waals surface area contributed by atoms with Crippen LogP contribution in [0.5, 0.6) is 0 Å². The van der Waals surface area contributed by atoms with E-state index in [1.54, 1.807) is 30.3 Å². The summed E-state index contributed by atoms with van der Waals surface area (Å²) in [6.07, 6.45) is 7.82. The van der Waals surface area contributed by atoms with Crippen molar-refractivity contribution in [1.82, 2.24) is 15.4 Å². The second-order valence-corrected chi connectivity index (χ2v) is 12.6. The third kappa shape index (κ3) is 12.3. The zero-order valence-corrected chi connectivity index (χ0v) is 26.6. The van der Waals surface area contributed by atoms with Crippen LogP contribution in [0, 0.1) is 17.7 Å². The van der Waals surface area contributed by atoms with Gasteiger partial charge in [0.2, 0.25) is 11.8 Å². The van der Waals surface area contributed by atoms with Crippen LogP contribution in [0.4, 0.5) is 4.39 Å². The SMILES string of the molecule is CC(=O)NS(=O)(=O)c1ccccc1-c1ccc(CNCCNC(=O)[C@@H](CS)C2CCCCC2)c(F)c1.CCCCC(=O)O. The summed E-state index contributed by atoms with van der Waals surface area (Å²) >= 11 is 4.39. The van der Waals surface area contributed by atoms with Crippen molar-refractivity contribution >= 4 is 40.4 Å². The van der Waals surface area contributed by atoms with Crippen molar-refractivity contribution in [3.05, 3.63) is 53.8 Å². The molecule has 2 aromatic rings. The molecule has 0 bridgehead atoms. The minimum atomic E-state index is -4.08. The van der Waals surface area contributed by atoms with Crippen LogP contribution in [0.15, 0.2) is 47.4 Å². The van der Waals surface area contributed by atoms with Gasteiger partial charge in [0.25, 0.3) is 10.0 Å². The Kier molecular flexibility index (Phi) is 15.7. The van der Waals surface area contributed by atoms with Crippen molar-refractivity contribution in [3.8, 4) is 11.1 Å². The Labute approximate surface area is 259 Å². The molecule has 2 aromatic carbocycles. The second kappa shape index (κ2) is 18.6. The van der Waals surface area contributed by atoms with Crippen molar-refractivity contribution in [2.75, 3.05) is 18.8 Å². The molecule has 1 aliphatic rings. The third-order valence-corrected chi connectivity index (χ3v) is 9.12. The summed E-state index contributed by atoms with van der Waals surface area (Å²) in [6, 6.07) is 10.6. The third-order valence-electron chi connectivity index (χ3n) is 7.23. The normalized spacial score (nSPS) is 14.2. The predicted octanol–water partition coefficient (Wildman–Crippen LogP) is 4.91. The number of nitrogens with one attached hydrogen (secondary N) is 3. The maximum atomic E-state index is 14.8. The summed E-state index contributed by atoms with van der Waals surface area (Å²) in [4.78, 5) is 33.5. The van der Waals surface area contributed by atoms with Crippen LogP contribution in [-0.4, -0.2) is 50.2 Å². The van der Waals surface area contributed by atoms with Crippen LogP contribution in [0.2, 0.25) is 0 Å². The van der Waals surface area contributed by atoms with E-state index in [2.05, 4.69) is 23.3 Å². The van der Waals surface area contributed by atoms with E-state index >= 15 is 0 Å². The molecule has 2 amide bonds. The number of aliphatic carboxylic acids is 1. The topological polar surface area (TPSA) is 142 Å². The van der Waals surface area contributed by atoms with Gasteiger partial charge in [0.05, 0.1) is 4.90 Å². The van der Waals surface area contributed by atoms with E-state index in [1.165, 1.54) is 31.4 Å². The van der Waals surface area contributed by atoms with E-state index in [9.17, 15) is 27.2 Å². The highest BCUT2D eigenvalue weighted by molar-refractivity contribution is 7.90. The summed E-state index contributed by atoms with van der Waals surface area (Å²) in [5.74, 6) is -0.987. The summed E-state index contributed by atoms with van der Waals surface area (Å²) < 4.78 is 41.8. The van der Waals surface area contributed by atoms with Gasteiger partial charge in [0.15, 0.2) is 0 Å². The number of halogens is 1. The van der Waals surface area contributed by atoms with Crippen LogP contribution in [0.1, 0.15) is 70.8 Å². The maximum Gasteiger partial charge on any atom is 0.303 e. The molecule has 0 aromatic heterocycles. The number of hydrogen-bond acceptors (Lipinski definition) is 7. The van der Waals surface area contributed by atoms with Crippen LogP contribution >= 0.6 is 12.6 Å². The molecule has 43 heavy (non-hydrogen) atoms. The van der Waals surface area contributed by atoms with E-state index in [-0.39, 0.29) is 23.3 Å². The highest BCUT2D eigenvalue weighted by Crippen LogP contribution is 2.31. The Bertz CT molecular complexity index is 1320. The van der Waals surface area contributed by atoms with Crippen molar-refractivity contribution < 1.29 is 32.3 Å². The van der Waals surface area contributed by atoms with Crippen molar-refractivity contribution in [1.29, 1.82) is 0 Å². The average molecular weight is 638 g/mol. The lowest BCUT2D eigenvalue weighted by Gasteiger charge is -2.28. The van der Waals surface area contributed by atoms with Gasteiger partial charge in [-0.25, -0.2) is 17.5 Å². The average Bonchev–Trinajstić information content (AvgIpc) is 2.97. The Morgan fingerprint density at radius 1 is 1.07 bits per heavy atom. The molecule has 1 fully saturated rings. The molecule has 3 rings (SSSR count). The number of carboxylic acid groups (broad SMARTS) is 1. The largest absolute Gasteiger partial charge is 0.481 e. The summed E-state index contributed by atoms with van der Waals surface area (Å²) in [5.41, 5.74) is 1.10. The molecule has 0 saturated heterocycles. The molecule has 0 aliphatic heterocycles. The number of carbonyl (C=O) groups excluding carboxylic acids is 2. The molecule has 0 unspecified atom stereocenters. The number of amides is 2. The molecule has 4 N–H and O–H groups in total. The fraction of sp³-hybridized carbons (Fsp3) is 0.516. The van der Waals surface area contributed by atoms with Crippen LogP contribution in [0.25, 0.3) is 11.1 Å². The van der Waals surface area contributed by atoms with E-state index in [4.69, 9.17) is 5.11 Å². The summed E-state index contributed by atoms with van der Waals surface area (Å²) in [6.45, 7) is 4.26. The van der Waals surface area contributed by atoms with E-state index in [1.807, 2.05) is 11.6 Å². The van der Waals surface area contributed by atoms with Gasteiger partial charge in [0, 0.05) is 55.8 Å². The first-order valence-electron chi connectivity index (χ1n) is 14.7. The van der Waals surface area contributed by atoms with Gasteiger partial charge >= 0.3 is 5.97 Å². The monoisotopic (exact) mass is 637 g/mol. The van der Waals surface area contributed by atoms with Gasteiger partial charge in [-0.1, -0.05) is 62.9 Å². The molecule has 238 valence electrons. The molecule has 1 atom stereocenters. The molecule has 9 nitrogen and oxygen atoms in total. The summed E-state index contributed by atoms with van der Waals surface area (Å²) in [7, 11) is -4.08. The predicted molar refractivity (Wildman–Crippen MR) is 169 cm³/mol. The number of benzene rings is 2. The standard InChI is InChI=1S/C26H34FN3O4S2.C5H10O2/c1-18(31)30-36(33,34)25-10-6-5-9-22(25)20-11-12-21(24(27)15-20)16-28-13-14-29-26(32)23(17-35)19-7-3-2-4-8-19;1-2-3-4-5(6)7/h5-6,9-12,15,19,23,28,35H,2-4,7-8,13-14,16-17H2,1H3,(H,29,32)(H,30,31);2-4H2,1H3,(H,6,7)/t23-;/m0./s1. The fourth-order valence-corrected chi connectivity index (χ4v) is 6.67. The Balaban J connectivity index is 0.000000821. The second-order valence-electron chi connectivity index (χ2n) is 10.6. The molecule has 1 saturated carbocycles. The van der Waals surface area contributed by atoms with Crippen LogP contribution < -0.4 is 15.4 Å². The quantitative estimate of drug-likeness (QED) is 0.146. The van der Waals surface area contributed by atoms with Gasteiger partial charge in [-0.05, 0) is 42.9 Å². The van der Waals surface area contributed by atoms with Gasteiger partial charge < -0.3 is 15.7 Å². The molecule has 0 radical (unpaired) electrons. The first-order chi connectivity index (χ1) is 20.5. The number of carbonyl (C=O) groups is 3. The fourth-order valence-electron chi connectivity index (χ4n) is 4.98. The number of thiol groups is 1. The molecule has 0 spiro atoms. The number of hydrogen-bond donors (Lipinski definition) is 5. The van der Waals surface area contributed by atoms with Gasteiger partial charge in [0.1, 0.15) is 5.82 Å². The van der Waals surface area contributed by atoms with Crippen LogP contribution in [-0.2, 0) is 31.0 Å². The highest BCUT2D eigenvalue weighted by Gasteiger charge is 2.28. The van der Waals surface area contributed by atoms with E-state index in [0.29, 0.717) is 47.9 Å². The molecule has 1 aliphatic carbocycles. The lowest BCUT2D eigenvalue weighted by atomic mass is 9.80. The molecule has 0 heterocycles. The number of unbranched alkanes of at least 4 members (excludes halogenated alkanes) is 1. The first-order valence-corrected chi connectivity index (χ1v) is 16.8. The smallest absolute Gasteiger partial charge is 0.303 e. The van der Waals surface area contributed by atoms with E-state index in [0.717, 1.165) is 32.6 Å². The molecule has 12 heteroatoms. The Morgan fingerprint density at radius 3 is 2.35 bits per heavy atom. The highest BCUT2D eigenvalue weighted by atomic mass is 32.2. The van der Waals surface area contributed by atoms with E-state index < -0.39 is 27.7 Å². The number of sulfonamides is 1. The van der Waals surface area contributed by atoms with Crippen molar-refractivity contribution in [3.63, 3.8) is 0 Å². The Hall–Kier alpha value is -2.96. The first kappa shape index (κ1) is 36.2. The molecular formula is C31H44FN3O6S2. The minimum Gasteiger partial charge on any atom is -0.481 e. The maximum absolute atomic E-state index is 14.8. The lowest BCUT2D eigenvalue weighted by Crippen LogP contribution is -2.39. The van der Waals surface area contributed by atoms with Gasteiger partial charge in [-0.15, -0.1) is 0 Å². The van der Waals surface area contributed by atoms with Gasteiger partial charge in [-0.3, -0.25) is 14.4 Å². The van der Waals surface area contributed by atoms with Gasteiger partial charge in [-0.2, -0.15) is 12.6 Å². The minimum absolute atomic E-state index is 0.0297. The van der Waals surface area contributed by atoms with Crippen molar-refractivity contribution in [2.45, 2.75) is 76.7 Å². The molecular weight excluding hydrogens is 593 g/mol. The van der Waals surface area contributed by atoms with Crippen LogP contribution in [0.3, 0.4) is 0 Å². The number of rotatable bonds is 14.